The molecule has 0 unspecified atom stereocenters. The number of hydrogen-bond acceptors (Lipinski definition) is 2. The van der Waals surface area contributed by atoms with E-state index in [-0.39, 0.29) is 6.04 Å². The zero-order valence-corrected chi connectivity index (χ0v) is 12.2. The van der Waals surface area contributed by atoms with Gasteiger partial charge in [0, 0.05) is 12.6 Å². The van der Waals surface area contributed by atoms with E-state index >= 15 is 0 Å². The van der Waals surface area contributed by atoms with Crippen molar-refractivity contribution in [1.29, 1.82) is 0 Å². The normalized spacial score (nSPS) is 29.9. The van der Waals surface area contributed by atoms with Gasteiger partial charge in [0.15, 0.2) is 0 Å². The maximum absolute atomic E-state index is 12.5. The van der Waals surface area contributed by atoms with Crippen LogP contribution in [-0.4, -0.2) is 36.0 Å². The zero-order valence-electron chi connectivity index (χ0n) is 12.2. The van der Waals surface area contributed by atoms with E-state index in [4.69, 9.17) is 0 Å². The van der Waals surface area contributed by atoms with Crippen LogP contribution >= 0.6 is 0 Å². The molecular formula is C17H24N2O. The monoisotopic (exact) mass is 272 g/mol. The molecule has 20 heavy (non-hydrogen) atoms. The fourth-order valence-electron chi connectivity index (χ4n) is 3.60. The lowest BCUT2D eigenvalue weighted by molar-refractivity contribution is -0.133. The van der Waals surface area contributed by atoms with Gasteiger partial charge < -0.3 is 10.2 Å². The van der Waals surface area contributed by atoms with Crippen LogP contribution in [0.2, 0.25) is 0 Å². The summed E-state index contributed by atoms with van der Waals surface area (Å²) in [7, 11) is 0. The van der Waals surface area contributed by atoms with Gasteiger partial charge in [0.05, 0.1) is 6.04 Å². The van der Waals surface area contributed by atoms with Crippen molar-refractivity contribution >= 4 is 5.91 Å². The lowest BCUT2D eigenvalue weighted by atomic mass is 9.93. The summed E-state index contributed by atoms with van der Waals surface area (Å²) >= 11 is 0. The number of amides is 1. The molecule has 1 amide bonds. The average molecular weight is 272 g/mol. The first-order valence-corrected chi connectivity index (χ1v) is 7.83. The van der Waals surface area contributed by atoms with Crippen molar-refractivity contribution in [2.45, 2.75) is 44.7 Å². The molecule has 3 heteroatoms. The highest BCUT2D eigenvalue weighted by Gasteiger charge is 2.37. The third kappa shape index (κ3) is 2.73. The minimum Gasteiger partial charge on any atom is -0.338 e. The highest BCUT2D eigenvalue weighted by Crippen LogP contribution is 2.28. The first-order valence-electron chi connectivity index (χ1n) is 7.83. The summed E-state index contributed by atoms with van der Waals surface area (Å²) in [5, 5.41) is 3.33. The molecule has 1 aromatic rings. The summed E-state index contributed by atoms with van der Waals surface area (Å²) in [6, 6.07) is 11.1. The zero-order chi connectivity index (χ0) is 13.9. The summed E-state index contributed by atoms with van der Waals surface area (Å²) in [5.74, 6) is 0.924. The van der Waals surface area contributed by atoms with E-state index in [0.717, 1.165) is 38.8 Å². The molecule has 3 rings (SSSR count). The van der Waals surface area contributed by atoms with E-state index in [0.29, 0.717) is 17.9 Å². The van der Waals surface area contributed by atoms with Gasteiger partial charge >= 0.3 is 0 Å². The molecule has 108 valence electrons. The maximum Gasteiger partial charge on any atom is 0.239 e. The van der Waals surface area contributed by atoms with Gasteiger partial charge in [-0.15, -0.1) is 0 Å². The summed E-state index contributed by atoms with van der Waals surface area (Å²) in [6.45, 7) is 4.13. The fourth-order valence-corrected chi connectivity index (χ4v) is 3.60. The van der Waals surface area contributed by atoms with Crippen LogP contribution in [0.3, 0.4) is 0 Å². The number of likely N-dealkylation sites (tertiary alicyclic amines) is 1. The molecule has 3 nitrogen and oxygen atoms in total. The molecule has 0 aliphatic carbocycles. The third-order valence-electron chi connectivity index (χ3n) is 4.90. The molecule has 2 aliphatic rings. The summed E-state index contributed by atoms with van der Waals surface area (Å²) in [5.41, 5.74) is 1.39. The quantitative estimate of drug-likeness (QED) is 0.915. The standard InChI is InChI=1S/C17H24N2O/c1-13-15(12-14-6-3-2-4-7-14)9-11-19(13)17(20)16-8-5-10-18-16/h2-4,6-7,13,15-16,18H,5,8-12H2,1H3/t13-,15-,16-/m1/s1. The van der Waals surface area contributed by atoms with Gasteiger partial charge in [-0.2, -0.15) is 0 Å². The Balaban J connectivity index is 1.61. The van der Waals surface area contributed by atoms with Crippen LogP contribution in [0.4, 0.5) is 0 Å². The second-order valence-corrected chi connectivity index (χ2v) is 6.16. The molecule has 0 spiro atoms. The van der Waals surface area contributed by atoms with Crippen LogP contribution in [-0.2, 0) is 11.2 Å². The maximum atomic E-state index is 12.5. The lowest BCUT2D eigenvalue weighted by Gasteiger charge is -2.27. The van der Waals surface area contributed by atoms with Crippen molar-refractivity contribution in [1.82, 2.24) is 10.2 Å². The lowest BCUT2D eigenvalue weighted by Crippen LogP contribution is -2.46. The SMILES string of the molecule is C[C@@H]1[C@@H](Cc2ccccc2)CCN1C(=O)[C@H]1CCCN1. The number of carbonyl (C=O) groups excluding carboxylic acids is 1. The Morgan fingerprint density at radius 2 is 2.10 bits per heavy atom. The molecule has 1 N–H and O–H groups in total. The predicted molar refractivity (Wildman–Crippen MR) is 80.5 cm³/mol. The van der Waals surface area contributed by atoms with E-state index in [2.05, 4.69) is 47.5 Å². The molecule has 2 heterocycles. The third-order valence-corrected chi connectivity index (χ3v) is 4.90. The van der Waals surface area contributed by atoms with Crippen LogP contribution in [0.5, 0.6) is 0 Å². The first kappa shape index (κ1) is 13.6. The summed E-state index contributed by atoms with van der Waals surface area (Å²) in [4.78, 5) is 14.6. The van der Waals surface area contributed by atoms with Crippen molar-refractivity contribution < 1.29 is 4.79 Å². The van der Waals surface area contributed by atoms with E-state index in [9.17, 15) is 4.79 Å². The van der Waals surface area contributed by atoms with Crippen LogP contribution in [0.25, 0.3) is 0 Å². The predicted octanol–water partition coefficient (Wildman–Crippen LogP) is 2.22. The van der Waals surface area contributed by atoms with Gasteiger partial charge in [0.1, 0.15) is 0 Å². The Bertz CT molecular complexity index is 453. The summed E-state index contributed by atoms with van der Waals surface area (Å²) in [6.07, 6.45) is 4.36. The molecule has 2 fully saturated rings. The van der Waals surface area contributed by atoms with Crippen molar-refractivity contribution in [3.8, 4) is 0 Å². The van der Waals surface area contributed by atoms with Crippen molar-refractivity contribution in [2.24, 2.45) is 5.92 Å². The second-order valence-electron chi connectivity index (χ2n) is 6.16. The molecule has 2 saturated heterocycles. The van der Waals surface area contributed by atoms with Gasteiger partial charge in [-0.05, 0) is 50.6 Å². The number of benzene rings is 1. The molecule has 0 radical (unpaired) electrons. The molecule has 0 bridgehead atoms. The molecule has 2 aliphatic heterocycles. The van der Waals surface area contributed by atoms with Crippen molar-refractivity contribution in [2.75, 3.05) is 13.1 Å². The van der Waals surface area contributed by atoms with E-state index < -0.39 is 0 Å². The minimum absolute atomic E-state index is 0.0768. The number of rotatable bonds is 3. The Morgan fingerprint density at radius 3 is 2.80 bits per heavy atom. The van der Waals surface area contributed by atoms with Crippen molar-refractivity contribution in [3.63, 3.8) is 0 Å². The van der Waals surface area contributed by atoms with Gasteiger partial charge in [-0.1, -0.05) is 30.3 Å². The Kier molecular flexibility index (Phi) is 4.06. The molecular weight excluding hydrogens is 248 g/mol. The number of hydrogen-bond donors (Lipinski definition) is 1. The van der Waals surface area contributed by atoms with Crippen LogP contribution in [0.15, 0.2) is 30.3 Å². The number of carbonyl (C=O) groups is 1. The van der Waals surface area contributed by atoms with Gasteiger partial charge in [0.25, 0.3) is 0 Å². The topological polar surface area (TPSA) is 32.3 Å². The molecule has 0 saturated carbocycles. The first-order chi connectivity index (χ1) is 9.75. The molecule has 3 atom stereocenters. The van der Waals surface area contributed by atoms with E-state index in [1.165, 1.54) is 5.56 Å². The summed E-state index contributed by atoms with van der Waals surface area (Å²) < 4.78 is 0. The Hall–Kier alpha value is -1.35. The Labute approximate surface area is 121 Å². The smallest absolute Gasteiger partial charge is 0.239 e. The second kappa shape index (κ2) is 5.96. The van der Waals surface area contributed by atoms with E-state index in [1.807, 2.05) is 0 Å². The van der Waals surface area contributed by atoms with Crippen LogP contribution in [0.1, 0.15) is 31.7 Å². The van der Waals surface area contributed by atoms with Crippen LogP contribution < -0.4 is 5.32 Å². The molecule has 1 aromatic carbocycles. The number of nitrogens with zero attached hydrogens (tertiary/aromatic N) is 1. The average Bonchev–Trinajstić information content (AvgIpc) is 3.11. The van der Waals surface area contributed by atoms with E-state index in [1.54, 1.807) is 0 Å². The minimum atomic E-state index is 0.0768. The highest BCUT2D eigenvalue weighted by atomic mass is 16.2. The highest BCUT2D eigenvalue weighted by molar-refractivity contribution is 5.82. The Morgan fingerprint density at radius 1 is 1.30 bits per heavy atom. The largest absolute Gasteiger partial charge is 0.338 e. The van der Waals surface area contributed by atoms with Gasteiger partial charge in [0.2, 0.25) is 5.91 Å². The van der Waals surface area contributed by atoms with Gasteiger partial charge in [-0.3, -0.25) is 4.79 Å². The molecule has 0 aromatic heterocycles. The number of nitrogens with one attached hydrogen (secondary N) is 1. The van der Waals surface area contributed by atoms with Crippen molar-refractivity contribution in [3.05, 3.63) is 35.9 Å². The van der Waals surface area contributed by atoms with Crippen LogP contribution in [0, 0.1) is 5.92 Å². The van der Waals surface area contributed by atoms with Gasteiger partial charge in [-0.25, -0.2) is 0 Å². The fraction of sp³-hybridized carbons (Fsp3) is 0.588.